The normalized spacial score (nSPS) is 16.2. The number of carboxylic acid groups (broad SMARTS) is 1. The molecule has 3 rings (SSSR count). The summed E-state index contributed by atoms with van der Waals surface area (Å²) >= 11 is 9.75. The van der Waals surface area contributed by atoms with Crippen molar-refractivity contribution >= 4 is 62.2 Å². The van der Waals surface area contributed by atoms with Crippen molar-refractivity contribution in [2.45, 2.75) is 0 Å². The summed E-state index contributed by atoms with van der Waals surface area (Å²) in [6, 6.07) is 11.3. The number of carbonyl (C=O) groups is 2. The Morgan fingerprint density at radius 3 is 2.69 bits per heavy atom. The number of benzene rings is 1. The summed E-state index contributed by atoms with van der Waals surface area (Å²) in [7, 11) is 0. The molecule has 1 aliphatic rings. The molecule has 0 aliphatic carbocycles. The summed E-state index contributed by atoms with van der Waals surface area (Å²) < 4.78 is 7.16. The van der Waals surface area contributed by atoms with E-state index in [0.29, 0.717) is 20.7 Å². The minimum Gasteiger partial charge on any atom is -0.478 e. The molecule has 5 nitrogen and oxygen atoms in total. The Hall–Kier alpha value is -2.16. The van der Waals surface area contributed by atoms with Crippen molar-refractivity contribution in [3.05, 3.63) is 63.7 Å². The van der Waals surface area contributed by atoms with Crippen molar-refractivity contribution < 1.29 is 19.1 Å². The number of aliphatic carboxylic acids is 1. The van der Waals surface area contributed by atoms with Crippen LogP contribution in [0.3, 0.4) is 0 Å². The van der Waals surface area contributed by atoms with Crippen molar-refractivity contribution in [1.29, 1.82) is 0 Å². The van der Waals surface area contributed by atoms with Gasteiger partial charge in [-0.05, 0) is 24.3 Å². The summed E-state index contributed by atoms with van der Waals surface area (Å²) in [5, 5.41) is 8.62. The Bertz CT molecular complexity index is 931. The first kappa shape index (κ1) is 18.6. The zero-order valence-electron chi connectivity index (χ0n) is 13.2. The van der Waals surface area contributed by atoms with Crippen molar-refractivity contribution in [2.75, 3.05) is 6.54 Å². The highest BCUT2D eigenvalue weighted by Gasteiger charge is 2.31. The fourth-order valence-electron chi connectivity index (χ4n) is 2.25. The Balaban J connectivity index is 1.76. The zero-order valence-corrected chi connectivity index (χ0v) is 16.4. The van der Waals surface area contributed by atoms with E-state index < -0.39 is 5.97 Å². The molecular weight excluding hydrogens is 438 g/mol. The summed E-state index contributed by atoms with van der Waals surface area (Å²) in [6.45, 7) is 0.122. The molecule has 0 atom stereocenters. The zero-order chi connectivity index (χ0) is 18.7. The molecule has 8 heteroatoms. The highest BCUT2D eigenvalue weighted by atomic mass is 79.9. The number of hydrogen-bond acceptors (Lipinski definition) is 5. The van der Waals surface area contributed by atoms with E-state index in [1.54, 1.807) is 12.1 Å². The van der Waals surface area contributed by atoms with Crippen LogP contribution in [-0.4, -0.2) is 32.7 Å². The van der Waals surface area contributed by atoms with Crippen LogP contribution in [0.4, 0.5) is 0 Å². The molecule has 1 fully saturated rings. The number of amides is 1. The average Bonchev–Trinajstić information content (AvgIpc) is 3.15. The maximum atomic E-state index is 12.4. The fourth-order valence-corrected chi connectivity index (χ4v) is 3.76. The van der Waals surface area contributed by atoms with Crippen LogP contribution < -0.4 is 0 Å². The van der Waals surface area contributed by atoms with Crippen LogP contribution in [0.5, 0.6) is 0 Å². The highest BCUT2D eigenvalue weighted by Crippen LogP contribution is 2.33. The summed E-state index contributed by atoms with van der Waals surface area (Å²) in [4.78, 5) is 24.7. The van der Waals surface area contributed by atoms with E-state index in [2.05, 4.69) is 15.9 Å². The molecule has 2 heterocycles. The Morgan fingerprint density at radius 1 is 1.27 bits per heavy atom. The van der Waals surface area contributed by atoms with Crippen LogP contribution in [0, 0.1) is 0 Å². The second kappa shape index (κ2) is 8.03. The van der Waals surface area contributed by atoms with Crippen molar-refractivity contribution in [3.8, 4) is 11.3 Å². The van der Waals surface area contributed by atoms with E-state index in [4.69, 9.17) is 21.7 Å². The summed E-state index contributed by atoms with van der Waals surface area (Å²) in [5.74, 6) is -0.0909. The molecule has 1 amide bonds. The summed E-state index contributed by atoms with van der Waals surface area (Å²) in [6.07, 6.45) is 4.01. The van der Waals surface area contributed by atoms with E-state index in [1.165, 1.54) is 11.0 Å². The minimum absolute atomic E-state index is 0.122. The SMILES string of the molecule is O=C(O)C=CCN1C(=O)C(=Cc2ccc(-c3ccc(Br)cc3)o2)SC1=S. The lowest BCUT2D eigenvalue weighted by Gasteiger charge is -2.10. The molecule has 1 aliphatic heterocycles. The molecule has 1 aromatic carbocycles. The molecule has 1 saturated heterocycles. The molecule has 1 N–H and O–H groups in total. The lowest BCUT2D eigenvalue weighted by molar-refractivity contribution is -0.131. The molecule has 26 heavy (non-hydrogen) atoms. The van der Waals surface area contributed by atoms with Crippen LogP contribution in [0.1, 0.15) is 5.76 Å². The molecule has 0 radical (unpaired) electrons. The van der Waals surface area contributed by atoms with Crippen molar-refractivity contribution in [1.82, 2.24) is 4.90 Å². The van der Waals surface area contributed by atoms with Crippen LogP contribution in [-0.2, 0) is 9.59 Å². The standard InChI is InChI=1S/C18H12BrNO4S2/c19-12-5-3-11(4-6-12)14-8-7-13(24-14)10-15-17(23)20(18(25)26-15)9-1-2-16(21)22/h1-8,10H,9H2,(H,21,22). The van der Waals surface area contributed by atoms with Crippen molar-refractivity contribution in [2.24, 2.45) is 0 Å². The van der Waals surface area contributed by atoms with E-state index in [-0.39, 0.29) is 12.5 Å². The van der Waals surface area contributed by atoms with Gasteiger partial charge < -0.3 is 9.52 Å². The predicted octanol–water partition coefficient (Wildman–Crippen LogP) is 4.55. The van der Waals surface area contributed by atoms with Crippen LogP contribution in [0.25, 0.3) is 17.4 Å². The van der Waals surface area contributed by atoms with Gasteiger partial charge in [0.25, 0.3) is 5.91 Å². The summed E-state index contributed by atoms with van der Waals surface area (Å²) in [5.41, 5.74) is 0.930. The Labute approximate surface area is 167 Å². The van der Waals surface area contributed by atoms with Gasteiger partial charge in [0.15, 0.2) is 0 Å². The largest absolute Gasteiger partial charge is 0.478 e. The van der Waals surface area contributed by atoms with Gasteiger partial charge in [-0.1, -0.05) is 58.1 Å². The van der Waals surface area contributed by atoms with E-state index in [0.717, 1.165) is 27.9 Å². The number of halogens is 1. The number of furan rings is 1. The first-order valence-corrected chi connectivity index (χ1v) is 9.46. The maximum Gasteiger partial charge on any atom is 0.328 e. The topological polar surface area (TPSA) is 70.8 Å². The molecule has 1 aromatic heterocycles. The molecule has 0 spiro atoms. The first-order chi connectivity index (χ1) is 12.4. The van der Waals surface area contributed by atoms with Crippen molar-refractivity contribution in [3.63, 3.8) is 0 Å². The number of nitrogens with zero attached hydrogens (tertiary/aromatic N) is 1. The number of carboxylic acids is 1. The predicted molar refractivity (Wildman–Crippen MR) is 108 cm³/mol. The maximum absolute atomic E-state index is 12.4. The molecule has 0 saturated carbocycles. The lowest BCUT2D eigenvalue weighted by atomic mass is 10.2. The van der Waals surface area contributed by atoms with Gasteiger partial charge >= 0.3 is 5.97 Å². The van der Waals surface area contributed by atoms with Gasteiger partial charge in [-0.25, -0.2) is 4.79 Å². The van der Waals surface area contributed by atoms with Gasteiger partial charge in [0.1, 0.15) is 15.8 Å². The van der Waals surface area contributed by atoms with Gasteiger partial charge in [-0.3, -0.25) is 9.69 Å². The smallest absolute Gasteiger partial charge is 0.328 e. The minimum atomic E-state index is -1.07. The molecule has 132 valence electrons. The molecule has 0 unspecified atom stereocenters. The van der Waals surface area contributed by atoms with Gasteiger partial charge in [0.05, 0.1) is 4.91 Å². The second-order valence-corrected chi connectivity index (χ2v) is 7.83. The van der Waals surface area contributed by atoms with Gasteiger partial charge in [-0.15, -0.1) is 0 Å². The third-order valence-corrected chi connectivity index (χ3v) is 5.36. The van der Waals surface area contributed by atoms with Gasteiger partial charge in [-0.2, -0.15) is 0 Å². The van der Waals surface area contributed by atoms with Gasteiger partial charge in [0, 0.05) is 28.7 Å². The lowest BCUT2D eigenvalue weighted by Crippen LogP contribution is -2.28. The highest BCUT2D eigenvalue weighted by molar-refractivity contribution is 9.10. The number of carbonyl (C=O) groups excluding carboxylic acids is 1. The number of thiocarbonyl (C=S) groups is 1. The van der Waals surface area contributed by atoms with E-state index in [9.17, 15) is 9.59 Å². The monoisotopic (exact) mass is 449 g/mol. The molecular formula is C18H12BrNO4S2. The number of thioether (sulfide) groups is 1. The quantitative estimate of drug-likeness (QED) is 0.533. The Kier molecular flexibility index (Phi) is 5.75. The third-order valence-electron chi connectivity index (χ3n) is 3.45. The van der Waals surface area contributed by atoms with Gasteiger partial charge in [0.2, 0.25) is 0 Å². The first-order valence-electron chi connectivity index (χ1n) is 7.44. The Morgan fingerprint density at radius 2 is 2.00 bits per heavy atom. The van der Waals surface area contributed by atoms with E-state index >= 15 is 0 Å². The third kappa shape index (κ3) is 4.32. The fraction of sp³-hybridized carbons (Fsp3) is 0.0556. The number of hydrogen-bond donors (Lipinski definition) is 1. The van der Waals surface area contributed by atoms with E-state index in [1.807, 2.05) is 30.3 Å². The molecule has 0 bridgehead atoms. The number of rotatable bonds is 5. The van der Waals surface area contributed by atoms with Crippen LogP contribution in [0.2, 0.25) is 0 Å². The molecule has 2 aromatic rings. The second-order valence-electron chi connectivity index (χ2n) is 5.24. The average molecular weight is 450 g/mol. The van der Waals surface area contributed by atoms with Crippen LogP contribution >= 0.6 is 39.9 Å². The van der Waals surface area contributed by atoms with Crippen LogP contribution in [0.15, 0.2) is 62.3 Å².